The van der Waals surface area contributed by atoms with E-state index < -0.39 is 0 Å². The average molecular weight is 290 g/mol. The van der Waals surface area contributed by atoms with Crippen molar-refractivity contribution in [2.45, 2.75) is 26.3 Å². The van der Waals surface area contributed by atoms with Gasteiger partial charge in [-0.1, -0.05) is 0 Å². The van der Waals surface area contributed by atoms with Crippen LogP contribution < -0.4 is 20.9 Å². The molecule has 1 aliphatic heterocycles. The lowest BCUT2D eigenvalue weighted by molar-refractivity contribution is 0.439. The van der Waals surface area contributed by atoms with E-state index in [2.05, 4.69) is 30.4 Å². The summed E-state index contributed by atoms with van der Waals surface area (Å²) in [5.41, 5.74) is 2.44. The van der Waals surface area contributed by atoms with E-state index in [-0.39, 0.29) is 12.0 Å². The first kappa shape index (κ1) is 13.6. The molecule has 0 saturated carbocycles. The van der Waals surface area contributed by atoms with Crippen LogP contribution in [0.4, 0.5) is 11.9 Å². The zero-order chi connectivity index (χ0) is 14.7. The first-order valence-electron chi connectivity index (χ1n) is 6.96. The van der Waals surface area contributed by atoms with Gasteiger partial charge >= 0.3 is 6.01 Å². The van der Waals surface area contributed by atoms with Crippen molar-refractivity contribution in [3.8, 4) is 11.8 Å². The van der Waals surface area contributed by atoms with Crippen molar-refractivity contribution in [1.82, 2.24) is 24.7 Å². The smallest absolute Gasteiger partial charge is 0.328 e. The SMILES string of the molecule is CCn1cc(Oc2nc(NN)nc(N3CCCC3)n2)cn1. The van der Waals surface area contributed by atoms with Gasteiger partial charge < -0.3 is 9.64 Å². The molecule has 21 heavy (non-hydrogen) atoms. The van der Waals surface area contributed by atoms with Crippen LogP contribution in [0.3, 0.4) is 0 Å². The van der Waals surface area contributed by atoms with Gasteiger partial charge in [0.25, 0.3) is 0 Å². The van der Waals surface area contributed by atoms with E-state index in [0.29, 0.717) is 11.7 Å². The maximum absolute atomic E-state index is 5.64. The molecule has 112 valence electrons. The van der Waals surface area contributed by atoms with Gasteiger partial charge in [0.05, 0.1) is 12.4 Å². The summed E-state index contributed by atoms with van der Waals surface area (Å²) in [6.07, 6.45) is 5.68. The van der Waals surface area contributed by atoms with Crippen LogP contribution in [0.2, 0.25) is 0 Å². The number of aromatic nitrogens is 5. The molecule has 3 rings (SSSR count). The van der Waals surface area contributed by atoms with Crippen LogP contribution >= 0.6 is 0 Å². The highest BCUT2D eigenvalue weighted by Crippen LogP contribution is 2.22. The van der Waals surface area contributed by atoms with Crippen LogP contribution in [0.25, 0.3) is 0 Å². The molecule has 0 atom stereocenters. The summed E-state index contributed by atoms with van der Waals surface area (Å²) in [4.78, 5) is 14.8. The van der Waals surface area contributed by atoms with Crippen molar-refractivity contribution < 1.29 is 4.74 Å². The number of hydrazine groups is 1. The van der Waals surface area contributed by atoms with E-state index in [9.17, 15) is 0 Å². The second kappa shape index (κ2) is 5.92. The minimum absolute atomic E-state index is 0.204. The monoisotopic (exact) mass is 290 g/mol. The van der Waals surface area contributed by atoms with Gasteiger partial charge in [0.2, 0.25) is 11.9 Å². The summed E-state index contributed by atoms with van der Waals surface area (Å²) in [7, 11) is 0. The van der Waals surface area contributed by atoms with Gasteiger partial charge in [0.1, 0.15) is 0 Å². The zero-order valence-corrected chi connectivity index (χ0v) is 11.9. The van der Waals surface area contributed by atoms with Gasteiger partial charge in [-0.2, -0.15) is 20.1 Å². The number of anilines is 2. The summed E-state index contributed by atoms with van der Waals surface area (Å²) in [6.45, 7) is 4.64. The van der Waals surface area contributed by atoms with E-state index in [4.69, 9.17) is 10.6 Å². The molecular formula is C12H18N8O. The number of ether oxygens (including phenoxy) is 1. The molecule has 0 spiro atoms. The fourth-order valence-electron chi connectivity index (χ4n) is 2.19. The molecule has 0 aliphatic carbocycles. The molecule has 0 aromatic carbocycles. The summed E-state index contributed by atoms with van der Waals surface area (Å²) in [6, 6.07) is 0.204. The Balaban J connectivity index is 1.84. The van der Waals surface area contributed by atoms with E-state index in [1.54, 1.807) is 17.1 Å². The Hall–Kier alpha value is -2.42. The normalized spacial score (nSPS) is 14.5. The predicted octanol–water partition coefficient (Wildman–Crippen LogP) is 0.766. The van der Waals surface area contributed by atoms with Crippen LogP contribution in [0.1, 0.15) is 19.8 Å². The van der Waals surface area contributed by atoms with Gasteiger partial charge in [0.15, 0.2) is 5.75 Å². The fraction of sp³-hybridized carbons (Fsp3) is 0.500. The average Bonchev–Trinajstić information content (AvgIpc) is 3.18. The van der Waals surface area contributed by atoms with E-state index in [1.807, 2.05) is 6.92 Å². The predicted molar refractivity (Wildman–Crippen MR) is 77.1 cm³/mol. The summed E-state index contributed by atoms with van der Waals surface area (Å²) >= 11 is 0. The molecule has 2 aromatic heterocycles. The minimum Gasteiger partial charge on any atom is -0.421 e. The molecule has 3 N–H and O–H groups in total. The van der Waals surface area contributed by atoms with Crippen molar-refractivity contribution in [1.29, 1.82) is 0 Å². The molecule has 0 radical (unpaired) electrons. The number of nitrogens with zero attached hydrogens (tertiary/aromatic N) is 6. The fourth-order valence-corrected chi connectivity index (χ4v) is 2.19. The summed E-state index contributed by atoms with van der Waals surface area (Å²) < 4.78 is 7.40. The number of rotatable bonds is 5. The number of nitrogen functional groups attached to an aromatic ring is 1. The van der Waals surface area contributed by atoms with Crippen molar-refractivity contribution in [3.05, 3.63) is 12.4 Å². The molecular weight excluding hydrogens is 272 g/mol. The molecule has 1 aliphatic rings. The van der Waals surface area contributed by atoms with Gasteiger partial charge in [-0.05, 0) is 19.8 Å². The molecule has 9 heteroatoms. The Morgan fingerprint density at radius 3 is 2.76 bits per heavy atom. The largest absolute Gasteiger partial charge is 0.421 e. The first-order chi connectivity index (χ1) is 10.3. The van der Waals surface area contributed by atoms with Gasteiger partial charge in [0, 0.05) is 19.6 Å². The van der Waals surface area contributed by atoms with Crippen molar-refractivity contribution in [2.75, 3.05) is 23.4 Å². The highest BCUT2D eigenvalue weighted by Gasteiger charge is 2.18. The Morgan fingerprint density at radius 2 is 2.10 bits per heavy atom. The molecule has 1 saturated heterocycles. The van der Waals surface area contributed by atoms with Crippen LogP contribution in [0.15, 0.2) is 12.4 Å². The molecule has 1 fully saturated rings. The third-order valence-corrected chi connectivity index (χ3v) is 3.26. The lowest BCUT2D eigenvalue weighted by Crippen LogP contribution is -2.22. The van der Waals surface area contributed by atoms with Crippen molar-refractivity contribution in [3.63, 3.8) is 0 Å². The molecule has 3 heterocycles. The first-order valence-corrected chi connectivity index (χ1v) is 6.96. The van der Waals surface area contributed by atoms with Crippen LogP contribution in [0.5, 0.6) is 11.8 Å². The van der Waals surface area contributed by atoms with Gasteiger partial charge in [-0.25, -0.2) is 5.84 Å². The zero-order valence-electron chi connectivity index (χ0n) is 11.9. The third-order valence-electron chi connectivity index (χ3n) is 3.26. The number of hydrogen-bond acceptors (Lipinski definition) is 8. The van der Waals surface area contributed by atoms with E-state index in [0.717, 1.165) is 32.5 Å². The number of nitrogens with two attached hydrogens (primary N) is 1. The second-order valence-electron chi connectivity index (χ2n) is 4.71. The highest BCUT2D eigenvalue weighted by atomic mass is 16.5. The van der Waals surface area contributed by atoms with E-state index in [1.165, 1.54) is 0 Å². The van der Waals surface area contributed by atoms with Crippen LogP contribution in [-0.2, 0) is 6.54 Å². The van der Waals surface area contributed by atoms with Crippen LogP contribution in [-0.4, -0.2) is 37.8 Å². The summed E-state index contributed by atoms with van der Waals surface area (Å²) in [5, 5.41) is 4.14. The van der Waals surface area contributed by atoms with Gasteiger partial charge in [-0.15, -0.1) is 0 Å². The maximum Gasteiger partial charge on any atom is 0.328 e. The summed E-state index contributed by atoms with van der Waals surface area (Å²) in [5.74, 6) is 6.85. The topological polar surface area (TPSA) is 107 Å². The minimum atomic E-state index is 0.204. The van der Waals surface area contributed by atoms with Crippen molar-refractivity contribution >= 4 is 11.9 Å². The Morgan fingerprint density at radius 1 is 1.29 bits per heavy atom. The molecule has 0 bridgehead atoms. The third kappa shape index (κ3) is 3.02. The molecule has 0 amide bonds. The standard InChI is InChI=1S/C12H18N8O/c1-2-20-8-9(7-14-20)21-12-16-10(18-13)15-11(17-12)19-5-3-4-6-19/h7-8H,2-6,13H2,1H3,(H,15,16,17,18). The van der Waals surface area contributed by atoms with Crippen LogP contribution in [0, 0.1) is 0 Å². The molecule has 2 aromatic rings. The lowest BCUT2D eigenvalue weighted by atomic mass is 10.4. The lowest BCUT2D eigenvalue weighted by Gasteiger charge is -2.15. The van der Waals surface area contributed by atoms with E-state index >= 15 is 0 Å². The number of aryl methyl sites for hydroxylation is 1. The van der Waals surface area contributed by atoms with Crippen molar-refractivity contribution in [2.24, 2.45) is 5.84 Å². The second-order valence-corrected chi connectivity index (χ2v) is 4.71. The Bertz CT molecular complexity index is 607. The quantitative estimate of drug-likeness (QED) is 0.614. The maximum atomic E-state index is 5.64. The number of nitrogens with one attached hydrogen (secondary N) is 1. The Labute approximate surface area is 122 Å². The molecule has 0 unspecified atom stereocenters. The highest BCUT2D eigenvalue weighted by molar-refractivity contribution is 5.39. The molecule has 9 nitrogen and oxygen atoms in total. The Kier molecular flexibility index (Phi) is 3.82. The number of hydrogen-bond donors (Lipinski definition) is 2. The van der Waals surface area contributed by atoms with Gasteiger partial charge in [-0.3, -0.25) is 10.1 Å².